The van der Waals surface area contributed by atoms with Gasteiger partial charge in [-0.05, 0) is 73.5 Å². The van der Waals surface area contributed by atoms with Gasteiger partial charge in [0.15, 0.2) is 5.16 Å². The van der Waals surface area contributed by atoms with Crippen molar-refractivity contribution >= 4 is 45.9 Å². The van der Waals surface area contributed by atoms with Crippen molar-refractivity contribution in [2.24, 2.45) is 4.99 Å². The second-order valence-electron chi connectivity index (χ2n) is 11.3. The highest BCUT2D eigenvalue weighted by molar-refractivity contribution is 7.99. The molecule has 238 valence electrons. The third-order valence-corrected chi connectivity index (χ3v) is 10.2. The maximum Gasteiger partial charge on any atom is 0.433 e. The lowest BCUT2D eigenvalue weighted by Gasteiger charge is -2.23. The number of aryl methyl sites for hydroxylation is 1. The SMILES string of the molecule is O=C(NC1CCCCC1)c1c(N=Cc2ccc(Sc3nc(-c4ccccc4)cc(C(F)(F)F)n3)c([N+](=O)[O-])c2)sc2c1CCCC2. The highest BCUT2D eigenvalue weighted by Gasteiger charge is 2.34. The fourth-order valence-electron chi connectivity index (χ4n) is 5.83. The summed E-state index contributed by atoms with van der Waals surface area (Å²) in [5, 5.41) is 15.6. The first kappa shape index (κ1) is 31.9. The van der Waals surface area contributed by atoms with Crippen LogP contribution in [0, 0.1) is 10.1 Å². The number of halogens is 3. The van der Waals surface area contributed by atoms with Gasteiger partial charge in [-0.25, -0.2) is 15.0 Å². The van der Waals surface area contributed by atoms with Crippen LogP contribution in [0.25, 0.3) is 11.3 Å². The lowest BCUT2D eigenvalue weighted by Crippen LogP contribution is -2.36. The topological polar surface area (TPSA) is 110 Å². The molecule has 2 aliphatic carbocycles. The number of rotatable bonds is 8. The maximum atomic E-state index is 13.7. The average Bonchev–Trinajstić information content (AvgIpc) is 3.43. The molecule has 1 N–H and O–H groups in total. The maximum absolute atomic E-state index is 13.7. The highest BCUT2D eigenvalue weighted by Crippen LogP contribution is 2.41. The molecule has 2 aliphatic rings. The van der Waals surface area contributed by atoms with Crippen molar-refractivity contribution in [2.75, 3.05) is 0 Å². The number of carbonyl (C=O) groups excluding carboxylic acids is 1. The van der Waals surface area contributed by atoms with Gasteiger partial charge in [-0.1, -0.05) is 55.7 Å². The van der Waals surface area contributed by atoms with Gasteiger partial charge in [0.1, 0.15) is 10.7 Å². The minimum Gasteiger partial charge on any atom is -0.349 e. The number of nitrogens with one attached hydrogen (secondary N) is 1. The molecule has 0 spiro atoms. The summed E-state index contributed by atoms with van der Waals surface area (Å²) < 4.78 is 41.1. The molecule has 0 saturated heterocycles. The molecule has 4 aromatic rings. The quantitative estimate of drug-likeness (QED) is 0.0871. The second-order valence-corrected chi connectivity index (χ2v) is 13.4. The first-order valence-electron chi connectivity index (χ1n) is 15.1. The van der Waals surface area contributed by atoms with E-state index in [1.807, 2.05) is 0 Å². The Balaban J connectivity index is 1.29. The molecule has 8 nitrogen and oxygen atoms in total. The summed E-state index contributed by atoms with van der Waals surface area (Å²) in [7, 11) is 0. The van der Waals surface area contributed by atoms with Gasteiger partial charge in [-0.2, -0.15) is 13.2 Å². The predicted molar refractivity (Wildman–Crippen MR) is 172 cm³/mol. The van der Waals surface area contributed by atoms with E-state index >= 15 is 0 Å². The van der Waals surface area contributed by atoms with Crippen LogP contribution < -0.4 is 5.32 Å². The molecule has 13 heteroatoms. The van der Waals surface area contributed by atoms with Crippen LogP contribution >= 0.6 is 23.1 Å². The number of nitrogens with zero attached hydrogens (tertiary/aromatic N) is 4. The number of hydrogen-bond acceptors (Lipinski definition) is 8. The smallest absolute Gasteiger partial charge is 0.349 e. The van der Waals surface area contributed by atoms with Gasteiger partial charge in [0.25, 0.3) is 11.6 Å². The molecule has 0 bridgehead atoms. The van der Waals surface area contributed by atoms with Crippen LogP contribution in [0.1, 0.15) is 77.0 Å². The lowest BCUT2D eigenvalue weighted by molar-refractivity contribution is -0.387. The molecular weight excluding hydrogens is 636 g/mol. The Morgan fingerprint density at radius 2 is 1.78 bits per heavy atom. The summed E-state index contributed by atoms with van der Waals surface area (Å²) >= 11 is 2.17. The average molecular weight is 666 g/mol. The fraction of sp³-hybridized carbons (Fsp3) is 0.333. The standard InChI is InChI=1S/C33H30F3N5O3S2/c34-33(35,36)28-18-24(21-9-3-1-4-10-21)39-32(40-28)46-27-16-15-20(17-25(27)41(43)44)19-37-31-29(23-13-7-8-14-26(23)45-31)30(42)38-22-11-5-2-6-12-22/h1,3-4,9-10,15-19,22H,2,5-8,11-14H2,(H,38,42). The number of thiophene rings is 1. The first-order chi connectivity index (χ1) is 22.2. The third-order valence-electron chi connectivity index (χ3n) is 8.10. The minimum absolute atomic E-state index is 0.0544. The number of aromatic nitrogens is 2. The molecule has 1 amide bonds. The summed E-state index contributed by atoms with van der Waals surface area (Å²) in [5.41, 5.74) is 1.11. The zero-order valence-corrected chi connectivity index (χ0v) is 26.3. The van der Waals surface area contributed by atoms with Crippen LogP contribution in [0.5, 0.6) is 0 Å². The zero-order chi connectivity index (χ0) is 32.3. The van der Waals surface area contributed by atoms with Crippen molar-refractivity contribution in [3.8, 4) is 11.3 Å². The van der Waals surface area contributed by atoms with Crippen molar-refractivity contribution in [1.82, 2.24) is 15.3 Å². The molecule has 1 fully saturated rings. The monoisotopic (exact) mass is 665 g/mol. The van der Waals surface area contributed by atoms with Crippen molar-refractivity contribution in [3.05, 3.63) is 92.0 Å². The molecule has 0 unspecified atom stereocenters. The van der Waals surface area contributed by atoms with E-state index in [-0.39, 0.29) is 33.4 Å². The van der Waals surface area contributed by atoms with Crippen molar-refractivity contribution in [1.29, 1.82) is 0 Å². The molecule has 2 heterocycles. The number of aliphatic imine (C=N–C) groups is 1. The number of benzene rings is 2. The summed E-state index contributed by atoms with van der Waals surface area (Å²) in [4.78, 5) is 38.8. The number of amides is 1. The Morgan fingerprint density at radius 3 is 2.52 bits per heavy atom. The molecule has 1 saturated carbocycles. The zero-order valence-electron chi connectivity index (χ0n) is 24.7. The van der Waals surface area contributed by atoms with Crippen molar-refractivity contribution in [3.63, 3.8) is 0 Å². The van der Waals surface area contributed by atoms with E-state index < -0.39 is 16.8 Å². The highest BCUT2D eigenvalue weighted by atomic mass is 32.2. The van der Waals surface area contributed by atoms with Gasteiger partial charge in [0.05, 0.1) is 21.1 Å². The van der Waals surface area contributed by atoms with Crippen LogP contribution in [-0.2, 0) is 19.0 Å². The van der Waals surface area contributed by atoms with E-state index in [1.54, 1.807) is 36.4 Å². The number of alkyl halides is 3. The normalized spacial score (nSPS) is 15.5. The third kappa shape index (κ3) is 7.31. The van der Waals surface area contributed by atoms with E-state index in [0.717, 1.165) is 67.9 Å². The second kappa shape index (κ2) is 13.7. The Labute approximate surface area is 271 Å². The van der Waals surface area contributed by atoms with Gasteiger partial charge in [-0.15, -0.1) is 11.3 Å². The minimum atomic E-state index is -4.73. The lowest BCUT2D eigenvalue weighted by atomic mass is 9.93. The summed E-state index contributed by atoms with van der Waals surface area (Å²) in [6.45, 7) is 0. The van der Waals surface area contributed by atoms with Crippen LogP contribution in [-0.4, -0.2) is 33.1 Å². The number of fused-ring (bicyclic) bond motifs is 1. The molecule has 2 aromatic heterocycles. The predicted octanol–water partition coefficient (Wildman–Crippen LogP) is 8.98. The molecule has 0 radical (unpaired) electrons. The van der Waals surface area contributed by atoms with Gasteiger partial charge in [-0.3, -0.25) is 14.9 Å². The van der Waals surface area contributed by atoms with Crippen LogP contribution in [0.2, 0.25) is 0 Å². The molecule has 46 heavy (non-hydrogen) atoms. The van der Waals surface area contributed by atoms with Crippen molar-refractivity contribution < 1.29 is 22.9 Å². The Morgan fingerprint density at radius 1 is 1.02 bits per heavy atom. The van der Waals surface area contributed by atoms with E-state index in [4.69, 9.17) is 0 Å². The Hall–Kier alpha value is -4.10. The number of hydrogen-bond donors (Lipinski definition) is 1. The van der Waals surface area contributed by atoms with E-state index in [1.165, 1.54) is 36.1 Å². The van der Waals surface area contributed by atoms with Gasteiger partial charge < -0.3 is 5.32 Å². The molecule has 0 aliphatic heterocycles. The van der Waals surface area contributed by atoms with Gasteiger partial charge >= 0.3 is 6.18 Å². The van der Waals surface area contributed by atoms with Crippen LogP contribution in [0.3, 0.4) is 0 Å². The van der Waals surface area contributed by atoms with Crippen LogP contribution in [0.4, 0.5) is 23.9 Å². The molecule has 6 rings (SSSR count). The summed E-state index contributed by atoms with van der Waals surface area (Å²) in [5.74, 6) is -0.118. The molecular formula is C33H30F3N5O3S2. The summed E-state index contributed by atoms with van der Waals surface area (Å²) in [6, 6.07) is 13.7. The number of nitro groups is 1. The number of nitro benzene ring substituents is 1. The Bertz CT molecular complexity index is 1790. The fourth-order valence-corrected chi connectivity index (χ4v) is 7.92. The Kier molecular flexibility index (Phi) is 9.50. The number of carbonyl (C=O) groups is 1. The molecule has 2 aromatic carbocycles. The van der Waals surface area contributed by atoms with Crippen molar-refractivity contribution in [2.45, 2.75) is 80.1 Å². The molecule has 0 atom stereocenters. The van der Waals surface area contributed by atoms with Gasteiger partial charge in [0, 0.05) is 28.8 Å². The summed E-state index contributed by atoms with van der Waals surface area (Å²) in [6.07, 6.45) is 5.81. The van der Waals surface area contributed by atoms with E-state index in [0.29, 0.717) is 33.5 Å². The largest absolute Gasteiger partial charge is 0.433 e. The van der Waals surface area contributed by atoms with E-state index in [9.17, 15) is 28.1 Å². The first-order valence-corrected chi connectivity index (χ1v) is 16.8. The van der Waals surface area contributed by atoms with Gasteiger partial charge in [0.2, 0.25) is 0 Å². The van der Waals surface area contributed by atoms with Crippen LogP contribution in [0.15, 0.2) is 69.6 Å². The van der Waals surface area contributed by atoms with E-state index in [2.05, 4.69) is 20.3 Å².